The first-order valence-electron chi connectivity index (χ1n) is 7.09. The highest BCUT2D eigenvalue weighted by molar-refractivity contribution is 5.88. The van der Waals surface area contributed by atoms with Gasteiger partial charge in [0.1, 0.15) is 5.60 Å². The topological polar surface area (TPSA) is 75.6 Å². The molecule has 0 radical (unpaired) electrons. The molecular formula is C16H21NO4. The molecule has 0 saturated carbocycles. The van der Waals surface area contributed by atoms with Crippen LogP contribution in [-0.4, -0.2) is 29.3 Å². The second-order valence-electron chi connectivity index (χ2n) is 6.34. The predicted molar refractivity (Wildman–Crippen MR) is 78.7 cm³/mol. The highest BCUT2D eigenvalue weighted by atomic mass is 16.6. The highest BCUT2D eigenvalue weighted by Gasteiger charge is 2.25. The molecule has 0 bridgehead atoms. The van der Waals surface area contributed by atoms with Crippen LogP contribution in [0.5, 0.6) is 0 Å². The second-order valence-corrected chi connectivity index (χ2v) is 6.34. The van der Waals surface area contributed by atoms with E-state index >= 15 is 0 Å². The van der Waals surface area contributed by atoms with Crippen molar-refractivity contribution in [3.8, 4) is 0 Å². The number of rotatable bonds is 3. The van der Waals surface area contributed by atoms with Gasteiger partial charge >= 0.3 is 12.1 Å². The molecule has 1 aromatic rings. The summed E-state index contributed by atoms with van der Waals surface area (Å²) in [6.07, 6.45) is 1.38. The SMILES string of the molecule is CC(C)(C)OC(=O)NCC1CCc2ccc(C(=O)O)cc21. The molecule has 0 fully saturated rings. The Labute approximate surface area is 124 Å². The summed E-state index contributed by atoms with van der Waals surface area (Å²) in [6.45, 7) is 5.91. The number of carbonyl (C=O) groups excluding carboxylic acids is 1. The minimum absolute atomic E-state index is 0.145. The Balaban J connectivity index is 2.01. The van der Waals surface area contributed by atoms with Gasteiger partial charge < -0.3 is 15.2 Å². The summed E-state index contributed by atoms with van der Waals surface area (Å²) in [6, 6.07) is 5.21. The number of carboxylic acids is 1. The number of ether oxygens (including phenoxy) is 1. The van der Waals surface area contributed by atoms with Gasteiger partial charge in [-0.15, -0.1) is 0 Å². The van der Waals surface area contributed by atoms with E-state index in [-0.39, 0.29) is 11.5 Å². The average Bonchev–Trinajstić information content (AvgIpc) is 2.76. The van der Waals surface area contributed by atoms with Crippen LogP contribution in [0.1, 0.15) is 54.6 Å². The van der Waals surface area contributed by atoms with Gasteiger partial charge in [-0.1, -0.05) is 6.07 Å². The molecule has 0 spiro atoms. The number of hydrogen-bond acceptors (Lipinski definition) is 3. The number of carboxylic acid groups (broad SMARTS) is 1. The molecule has 21 heavy (non-hydrogen) atoms. The smallest absolute Gasteiger partial charge is 0.407 e. The summed E-state index contributed by atoms with van der Waals surface area (Å²) in [7, 11) is 0. The minimum atomic E-state index is -0.927. The fraction of sp³-hybridized carbons (Fsp3) is 0.500. The summed E-state index contributed by atoms with van der Waals surface area (Å²) in [5, 5.41) is 11.8. The van der Waals surface area contributed by atoms with Crippen LogP contribution in [0.25, 0.3) is 0 Å². The number of benzene rings is 1. The van der Waals surface area contributed by atoms with E-state index < -0.39 is 17.7 Å². The fourth-order valence-electron chi connectivity index (χ4n) is 2.55. The molecule has 5 nitrogen and oxygen atoms in total. The molecule has 0 aliphatic heterocycles. The van der Waals surface area contributed by atoms with Crippen molar-refractivity contribution in [2.75, 3.05) is 6.54 Å². The molecule has 1 atom stereocenters. The summed E-state index contributed by atoms with van der Waals surface area (Å²) in [5.74, 6) is -0.782. The van der Waals surface area contributed by atoms with E-state index in [0.717, 1.165) is 24.0 Å². The lowest BCUT2D eigenvalue weighted by Gasteiger charge is -2.21. The molecule has 1 unspecified atom stereocenters. The minimum Gasteiger partial charge on any atom is -0.478 e. The standard InChI is InChI=1S/C16H21NO4/c1-16(2,3)21-15(20)17-9-12-7-5-10-4-6-11(14(18)19)8-13(10)12/h4,6,8,12H,5,7,9H2,1-3H3,(H,17,20)(H,18,19). The van der Waals surface area contributed by atoms with E-state index in [2.05, 4.69) is 5.32 Å². The molecule has 1 aliphatic carbocycles. The number of hydrogen-bond donors (Lipinski definition) is 2. The zero-order valence-electron chi connectivity index (χ0n) is 12.6. The van der Waals surface area contributed by atoms with Crippen LogP contribution in [-0.2, 0) is 11.2 Å². The number of carbonyl (C=O) groups is 2. The Morgan fingerprint density at radius 2 is 2.10 bits per heavy atom. The van der Waals surface area contributed by atoms with Gasteiger partial charge in [-0.3, -0.25) is 0 Å². The third kappa shape index (κ3) is 3.97. The highest BCUT2D eigenvalue weighted by Crippen LogP contribution is 2.33. The quantitative estimate of drug-likeness (QED) is 0.897. The van der Waals surface area contributed by atoms with Crippen molar-refractivity contribution < 1.29 is 19.4 Å². The number of nitrogens with one attached hydrogen (secondary N) is 1. The molecule has 2 N–H and O–H groups in total. The molecule has 0 aromatic heterocycles. The molecule has 1 aliphatic rings. The van der Waals surface area contributed by atoms with E-state index in [1.807, 2.05) is 26.8 Å². The summed E-state index contributed by atoms with van der Waals surface area (Å²) in [5.41, 5.74) is 1.95. The molecule has 2 rings (SSSR count). The first-order valence-corrected chi connectivity index (χ1v) is 7.09. The van der Waals surface area contributed by atoms with Crippen molar-refractivity contribution >= 4 is 12.1 Å². The zero-order valence-corrected chi connectivity index (χ0v) is 12.6. The molecule has 114 valence electrons. The van der Waals surface area contributed by atoms with E-state index in [9.17, 15) is 9.59 Å². The lowest BCUT2D eigenvalue weighted by Crippen LogP contribution is -2.34. The van der Waals surface area contributed by atoms with Crippen molar-refractivity contribution in [3.63, 3.8) is 0 Å². The number of aryl methyl sites for hydroxylation is 1. The number of amides is 1. The van der Waals surface area contributed by atoms with Gasteiger partial charge in [-0.25, -0.2) is 9.59 Å². The Morgan fingerprint density at radius 3 is 2.71 bits per heavy atom. The van der Waals surface area contributed by atoms with E-state index in [0.29, 0.717) is 6.54 Å². The van der Waals surface area contributed by atoms with Crippen LogP contribution in [0, 0.1) is 0 Å². The summed E-state index contributed by atoms with van der Waals surface area (Å²) in [4.78, 5) is 22.7. The van der Waals surface area contributed by atoms with Crippen molar-refractivity contribution in [1.82, 2.24) is 5.32 Å². The van der Waals surface area contributed by atoms with Gasteiger partial charge in [0, 0.05) is 12.5 Å². The largest absolute Gasteiger partial charge is 0.478 e. The third-order valence-electron chi connectivity index (χ3n) is 3.49. The lowest BCUT2D eigenvalue weighted by atomic mass is 9.99. The first-order chi connectivity index (χ1) is 9.76. The fourth-order valence-corrected chi connectivity index (χ4v) is 2.55. The first kappa shape index (κ1) is 15.4. The Bertz CT molecular complexity index is 560. The molecule has 1 aromatic carbocycles. The molecular weight excluding hydrogens is 270 g/mol. The molecule has 0 saturated heterocycles. The van der Waals surface area contributed by atoms with Crippen molar-refractivity contribution in [1.29, 1.82) is 0 Å². The monoisotopic (exact) mass is 291 g/mol. The predicted octanol–water partition coefficient (Wildman–Crippen LogP) is 2.94. The number of alkyl carbamates (subject to hydrolysis) is 1. The lowest BCUT2D eigenvalue weighted by molar-refractivity contribution is 0.0523. The van der Waals surface area contributed by atoms with E-state index in [4.69, 9.17) is 9.84 Å². The van der Waals surface area contributed by atoms with Gasteiger partial charge in [0.15, 0.2) is 0 Å². The van der Waals surface area contributed by atoms with Crippen LogP contribution in [0.2, 0.25) is 0 Å². The number of aromatic carboxylic acids is 1. The second kappa shape index (κ2) is 5.76. The van der Waals surface area contributed by atoms with E-state index in [1.54, 1.807) is 12.1 Å². The van der Waals surface area contributed by atoms with E-state index in [1.165, 1.54) is 0 Å². The van der Waals surface area contributed by atoms with Gasteiger partial charge in [0.2, 0.25) is 0 Å². The van der Waals surface area contributed by atoms with Crippen molar-refractivity contribution in [2.24, 2.45) is 0 Å². The van der Waals surface area contributed by atoms with Gasteiger partial charge in [0.05, 0.1) is 5.56 Å². The maximum absolute atomic E-state index is 11.7. The van der Waals surface area contributed by atoms with Gasteiger partial charge in [0.25, 0.3) is 0 Å². The van der Waals surface area contributed by atoms with Crippen LogP contribution >= 0.6 is 0 Å². The van der Waals surface area contributed by atoms with Gasteiger partial charge in [-0.05, 0) is 56.9 Å². The third-order valence-corrected chi connectivity index (χ3v) is 3.49. The van der Waals surface area contributed by atoms with Crippen molar-refractivity contribution in [2.45, 2.75) is 45.1 Å². The zero-order chi connectivity index (χ0) is 15.6. The summed E-state index contributed by atoms with van der Waals surface area (Å²) >= 11 is 0. The van der Waals surface area contributed by atoms with Gasteiger partial charge in [-0.2, -0.15) is 0 Å². The maximum atomic E-state index is 11.7. The van der Waals surface area contributed by atoms with Crippen LogP contribution in [0.3, 0.4) is 0 Å². The molecule has 0 heterocycles. The van der Waals surface area contributed by atoms with Crippen molar-refractivity contribution in [3.05, 3.63) is 34.9 Å². The number of fused-ring (bicyclic) bond motifs is 1. The summed E-state index contributed by atoms with van der Waals surface area (Å²) < 4.78 is 5.20. The Kier molecular flexibility index (Phi) is 4.21. The van der Waals surface area contributed by atoms with Crippen LogP contribution < -0.4 is 5.32 Å². The Morgan fingerprint density at radius 1 is 1.38 bits per heavy atom. The Hall–Kier alpha value is -2.04. The maximum Gasteiger partial charge on any atom is 0.407 e. The average molecular weight is 291 g/mol. The van der Waals surface area contributed by atoms with Crippen LogP contribution in [0.4, 0.5) is 4.79 Å². The normalized spacial score (nSPS) is 17.2. The molecule has 5 heteroatoms. The van der Waals surface area contributed by atoms with Crippen LogP contribution in [0.15, 0.2) is 18.2 Å². The molecule has 1 amide bonds.